The van der Waals surface area contributed by atoms with Crippen LogP contribution in [0.15, 0.2) is 18.2 Å². The van der Waals surface area contributed by atoms with Crippen molar-refractivity contribution in [3.8, 4) is 5.75 Å². The number of benzene rings is 1. The number of halogens is 2. The van der Waals surface area contributed by atoms with Gasteiger partial charge >= 0.3 is 0 Å². The van der Waals surface area contributed by atoms with E-state index in [-0.39, 0.29) is 30.2 Å². The van der Waals surface area contributed by atoms with E-state index in [9.17, 15) is 9.18 Å². The lowest BCUT2D eigenvalue weighted by molar-refractivity contribution is -0.124. The Kier molecular flexibility index (Phi) is 5.82. The smallest absolute Gasteiger partial charge is 0.258 e. The van der Waals surface area contributed by atoms with Crippen molar-refractivity contribution in [3.63, 3.8) is 0 Å². The molecule has 1 aromatic rings. The Hall–Kier alpha value is -1.33. The molecule has 6 heteroatoms. The Bertz CT molecular complexity index is 490. The van der Waals surface area contributed by atoms with Crippen LogP contribution in [-0.2, 0) is 4.79 Å². The fraction of sp³-hybridized carbons (Fsp3) is 0.533. The van der Waals surface area contributed by atoms with Crippen molar-refractivity contribution in [2.75, 3.05) is 13.2 Å². The lowest BCUT2D eigenvalue weighted by atomic mass is 9.86. The van der Waals surface area contributed by atoms with Crippen LogP contribution >= 0.6 is 11.6 Å². The molecule has 2 N–H and O–H groups in total. The van der Waals surface area contributed by atoms with E-state index in [0.717, 1.165) is 25.7 Å². The van der Waals surface area contributed by atoms with Crippen LogP contribution in [0.25, 0.3) is 0 Å². The quantitative estimate of drug-likeness (QED) is 0.878. The molecule has 0 aliphatic heterocycles. The van der Waals surface area contributed by atoms with Crippen molar-refractivity contribution < 1.29 is 19.0 Å². The van der Waals surface area contributed by atoms with Gasteiger partial charge in [0.25, 0.3) is 5.91 Å². The van der Waals surface area contributed by atoms with E-state index < -0.39 is 5.82 Å². The number of aliphatic hydroxyl groups excluding tert-OH is 1. The van der Waals surface area contributed by atoms with Gasteiger partial charge in [0.2, 0.25) is 0 Å². The number of aliphatic hydroxyl groups is 1. The summed E-state index contributed by atoms with van der Waals surface area (Å²) in [6.45, 7) is 0.0942. The molecule has 21 heavy (non-hydrogen) atoms. The van der Waals surface area contributed by atoms with Gasteiger partial charge in [-0.1, -0.05) is 11.6 Å². The van der Waals surface area contributed by atoms with Crippen LogP contribution in [-0.4, -0.2) is 30.3 Å². The summed E-state index contributed by atoms with van der Waals surface area (Å²) in [4.78, 5) is 11.8. The Labute approximate surface area is 128 Å². The predicted molar refractivity (Wildman–Crippen MR) is 77.9 cm³/mol. The average Bonchev–Trinajstić information content (AvgIpc) is 2.49. The van der Waals surface area contributed by atoms with Crippen molar-refractivity contribution in [2.45, 2.75) is 31.7 Å². The first-order chi connectivity index (χ1) is 10.1. The molecule has 2 rings (SSSR count). The number of amides is 1. The second-order valence-electron chi connectivity index (χ2n) is 5.33. The lowest BCUT2D eigenvalue weighted by Gasteiger charge is -2.27. The molecule has 0 aromatic heterocycles. The number of carbonyl (C=O) groups excluding carboxylic acids is 1. The standard InChI is InChI=1S/C15H19ClFNO3/c16-13-7-12(5-6-14(13)17)21-9-15(20)18-11-3-1-10(8-19)2-4-11/h5-7,10-11,19H,1-4,8-9H2,(H,18,20). The molecule has 0 bridgehead atoms. The van der Waals surface area contributed by atoms with E-state index in [4.69, 9.17) is 21.4 Å². The fourth-order valence-electron chi connectivity index (χ4n) is 2.47. The number of rotatable bonds is 5. The Balaban J connectivity index is 1.73. The third-order valence-corrected chi connectivity index (χ3v) is 4.02. The zero-order chi connectivity index (χ0) is 15.2. The number of hydrogen-bond donors (Lipinski definition) is 2. The molecule has 0 unspecified atom stereocenters. The first kappa shape index (κ1) is 16.0. The van der Waals surface area contributed by atoms with Crippen LogP contribution in [0, 0.1) is 11.7 Å². The first-order valence-electron chi connectivity index (χ1n) is 7.06. The molecular weight excluding hydrogens is 297 g/mol. The van der Waals surface area contributed by atoms with Crippen LogP contribution < -0.4 is 10.1 Å². The zero-order valence-corrected chi connectivity index (χ0v) is 12.4. The van der Waals surface area contributed by atoms with Gasteiger partial charge in [-0.05, 0) is 43.7 Å². The topological polar surface area (TPSA) is 58.6 Å². The van der Waals surface area contributed by atoms with E-state index in [0.29, 0.717) is 11.7 Å². The van der Waals surface area contributed by atoms with Crippen LogP contribution in [0.5, 0.6) is 5.75 Å². The number of ether oxygens (including phenoxy) is 1. The van der Waals surface area contributed by atoms with Crippen LogP contribution in [0.4, 0.5) is 4.39 Å². The lowest BCUT2D eigenvalue weighted by Crippen LogP contribution is -2.40. The number of carbonyl (C=O) groups is 1. The third-order valence-electron chi connectivity index (χ3n) is 3.73. The molecule has 1 saturated carbocycles. The second-order valence-corrected chi connectivity index (χ2v) is 5.74. The van der Waals surface area contributed by atoms with E-state index in [2.05, 4.69) is 5.32 Å². The number of nitrogens with one attached hydrogen (secondary N) is 1. The maximum Gasteiger partial charge on any atom is 0.258 e. The van der Waals surface area contributed by atoms with Gasteiger partial charge < -0.3 is 15.2 Å². The molecule has 1 aliphatic carbocycles. The molecule has 116 valence electrons. The summed E-state index contributed by atoms with van der Waals surface area (Å²) in [6, 6.07) is 4.12. The first-order valence-corrected chi connectivity index (χ1v) is 7.44. The highest BCUT2D eigenvalue weighted by Gasteiger charge is 2.21. The molecular formula is C15H19ClFNO3. The molecule has 1 aliphatic rings. The van der Waals surface area contributed by atoms with Gasteiger partial charge in [-0.3, -0.25) is 4.79 Å². The molecule has 0 heterocycles. The Morgan fingerprint density at radius 1 is 1.38 bits per heavy atom. The van der Waals surface area contributed by atoms with Crippen molar-refractivity contribution >= 4 is 17.5 Å². The van der Waals surface area contributed by atoms with Gasteiger partial charge in [0.15, 0.2) is 6.61 Å². The summed E-state index contributed by atoms with van der Waals surface area (Å²) in [5.41, 5.74) is 0. The summed E-state index contributed by atoms with van der Waals surface area (Å²) in [7, 11) is 0. The Morgan fingerprint density at radius 3 is 2.71 bits per heavy atom. The monoisotopic (exact) mass is 315 g/mol. The van der Waals surface area contributed by atoms with Gasteiger partial charge in [-0.25, -0.2) is 4.39 Å². The molecule has 1 aromatic carbocycles. The van der Waals surface area contributed by atoms with Gasteiger partial charge in [0.05, 0.1) is 5.02 Å². The highest BCUT2D eigenvalue weighted by atomic mass is 35.5. The largest absolute Gasteiger partial charge is 0.484 e. The number of hydrogen-bond acceptors (Lipinski definition) is 3. The van der Waals surface area contributed by atoms with E-state index in [1.165, 1.54) is 18.2 Å². The van der Waals surface area contributed by atoms with E-state index in [1.54, 1.807) is 0 Å². The van der Waals surface area contributed by atoms with Gasteiger partial charge in [0.1, 0.15) is 11.6 Å². The molecule has 0 radical (unpaired) electrons. The fourth-order valence-corrected chi connectivity index (χ4v) is 2.64. The molecule has 0 atom stereocenters. The summed E-state index contributed by atoms with van der Waals surface area (Å²) < 4.78 is 18.3. The van der Waals surface area contributed by atoms with Crippen LogP contribution in [0.3, 0.4) is 0 Å². The van der Waals surface area contributed by atoms with Gasteiger partial charge in [-0.15, -0.1) is 0 Å². The van der Waals surface area contributed by atoms with E-state index in [1.807, 2.05) is 0 Å². The van der Waals surface area contributed by atoms with E-state index >= 15 is 0 Å². The van der Waals surface area contributed by atoms with Crippen molar-refractivity contribution in [2.24, 2.45) is 5.92 Å². The minimum Gasteiger partial charge on any atom is -0.484 e. The molecule has 1 amide bonds. The summed E-state index contributed by atoms with van der Waals surface area (Å²) in [6.07, 6.45) is 3.60. The normalized spacial score (nSPS) is 21.9. The molecule has 0 spiro atoms. The van der Waals surface area contributed by atoms with Crippen molar-refractivity contribution in [3.05, 3.63) is 29.0 Å². The third kappa shape index (κ3) is 4.86. The summed E-state index contributed by atoms with van der Waals surface area (Å²) in [5.74, 6) is -0.00620. The minimum absolute atomic E-state index is 0.0322. The van der Waals surface area contributed by atoms with Crippen molar-refractivity contribution in [1.82, 2.24) is 5.32 Å². The molecule has 0 saturated heterocycles. The van der Waals surface area contributed by atoms with Crippen LogP contribution in [0.1, 0.15) is 25.7 Å². The summed E-state index contributed by atoms with van der Waals surface area (Å²) in [5, 5.41) is 11.9. The molecule has 1 fully saturated rings. The maximum atomic E-state index is 13.0. The highest BCUT2D eigenvalue weighted by molar-refractivity contribution is 6.30. The SMILES string of the molecule is O=C(COc1ccc(F)c(Cl)c1)NC1CCC(CO)CC1. The predicted octanol–water partition coefficient (Wildman–Crippen LogP) is 2.53. The van der Waals surface area contributed by atoms with Crippen molar-refractivity contribution in [1.29, 1.82) is 0 Å². The highest BCUT2D eigenvalue weighted by Crippen LogP contribution is 2.24. The zero-order valence-electron chi connectivity index (χ0n) is 11.6. The summed E-state index contributed by atoms with van der Waals surface area (Å²) >= 11 is 5.64. The Morgan fingerprint density at radius 2 is 2.10 bits per heavy atom. The van der Waals surface area contributed by atoms with Crippen LogP contribution in [0.2, 0.25) is 5.02 Å². The second kappa shape index (κ2) is 7.61. The molecule has 4 nitrogen and oxygen atoms in total. The average molecular weight is 316 g/mol. The van der Waals surface area contributed by atoms with Gasteiger partial charge in [0, 0.05) is 18.7 Å². The maximum absolute atomic E-state index is 13.0. The minimum atomic E-state index is -0.519. The van der Waals surface area contributed by atoms with Gasteiger partial charge in [-0.2, -0.15) is 0 Å².